The highest BCUT2D eigenvalue weighted by atomic mass is 32.2. The third-order valence-electron chi connectivity index (χ3n) is 3.20. The van der Waals surface area contributed by atoms with E-state index in [1.807, 2.05) is 24.3 Å². The molecule has 4 radical (unpaired) electrons. The Bertz CT molecular complexity index is 656. The summed E-state index contributed by atoms with van der Waals surface area (Å²) in [5.41, 5.74) is 1.69. The number of thioether (sulfide) groups is 1. The molecular weight excluding hydrogens is 260 g/mol. The van der Waals surface area contributed by atoms with Crippen molar-refractivity contribution in [2.75, 3.05) is 0 Å². The van der Waals surface area contributed by atoms with E-state index in [2.05, 4.69) is 0 Å². The molecule has 0 fully saturated rings. The minimum absolute atomic E-state index is 0.0497. The Morgan fingerprint density at radius 2 is 1.74 bits per heavy atom. The lowest BCUT2D eigenvalue weighted by Crippen LogP contribution is -2.25. The number of hydrogen-bond acceptors (Lipinski definition) is 1. The molecule has 0 bridgehead atoms. The number of rotatable bonds is 0. The van der Waals surface area contributed by atoms with Gasteiger partial charge in [0.1, 0.15) is 0 Å². The van der Waals surface area contributed by atoms with Crippen molar-refractivity contribution in [1.82, 2.24) is 0 Å². The summed E-state index contributed by atoms with van der Waals surface area (Å²) in [7, 11) is 12.0. The molecule has 0 aliphatic carbocycles. The number of hydrogen-bond donors (Lipinski definition) is 0. The van der Waals surface area contributed by atoms with Crippen LogP contribution in [-0.4, -0.2) is 15.7 Å². The Balaban J connectivity index is 2.26. The molecule has 5 heteroatoms. The Labute approximate surface area is 117 Å². The summed E-state index contributed by atoms with van der Waals surface area (Å²) in [6.45, 7) is 0. The SMILES string of the molecule is [B]C1([B])Sc2ccccc2Cc2ccc(F)c(F)c21. The van der Waals surface area contributed by atoms with Crippen LogP contribution in [0, 0.1) is 11.6 Å². The van der Waals surface area contributed by atoms with Crippen LogP contribution in [-0.2, 0) is 11.0 Å². The van der Waals surface area contributed by atoms with E-state index in [9.17, 15) is 8.78 Å². The van der Waals surface area contributed by atoms with Gasteiger partial charge >= 0.3 is 0 Å². The van der Waals surface area contributed by atoms with E-state index in [0.717, 1.165) is 28.3 Å². The van der Waals surface area contributed by atoms with Gasteiger partial charge in [0, 0.05) is 4.90 Å². The molecule has 1 heterocycles. The molecule has 1 aliphatic heterocycles. The van der Waals surface area contributed by atoms with Gasteiger partial charge in [-0.05, 0) is 39.8 Å². The summed E-state index contributed by atoms with van der Waals surface area (Å²) in [6.07, 6.45) is 0.492. The minimum atomic E-state index is -1.48. The van der Waals surface area contributed by atoms with Gasteiger partial charge in [0.25, 0.3) is 0 Å². The van der Waals surface area contributed by atoms with Crippen molar-refractivity contribution in [1.29, 1.82) is 0 Å². The second kappa shape index (κ2) is 4.41. The van der Waals surface area contributed by atoms with Crippen molar-refractivity contribution in [3.63, 3.8) is 0 Å². The summed E-state index contributed by atoms with van der Waals surface area (Å²) in [4.78, 5) is 0.892. The first-order chi connectivity index (χ1) is 8.99. The van der Waals surface area contributed by atoms with Gasteiger partial charge < -0.3 is 0 Å². The third kappa shape index (κ3) is 2.10. The Morgan fingerprint density at radius 1 is 1.00 bits per heavy atom. The Hall–Kier alpha value is -1.22. The molecule has 0 unspecified atom stereocenters. The molecule has 0 saturated heterocycles. The van der Waals surface area contributed by atoms with Gasteiger partial charge in [0.05, 0.1) is 15.7 Å². The lowest BCUT2D eigenvalue weighted by Gasteiger charge is -2.26. The standard InChI is InChI=1S/C14H8B2F2S/c15-14(16)12-9(5-6-10(17)13(12)18)7-8-3-1-2-4-11(8)19-14/h1-6H,7H2. The average Bonchev–Trinajstić information content (AvgIpc) is 2.46. The molecule has 2 aromatic rings. The van der Waals surface area contributed by atoms with Crippen molar-refractivity contribution in [2.45, 2.75) is 15.9 Å². The highest BCUT2D eigenvalue weighted by Crippen LogP contribution is 2.44. The molecule has 3 rings (SSSR count). The average molecular weight is 268 g/mol. The van der Waals surface area contributed by atoms with Gasteiger partial charge in [-0.1, -0.05) is 24.3 Å². The molecule has 0 aromatic heterocycles. The molecule has 0 atom stereocenters. The monoisotopic (exact) mass is 268 g/mol. The van der Waals surface area contributed by atoms with Gasteiger partial charge in [0.2, 0.25) is 0 Å². The maximum absolute atomic E-state index is 14.0. The summed E-state index contributed by atoms with van der Waals surface area (Å²) < 4.78 is 26.0. The maximum Gasteiger partial charge on any atom is 0.162 e. The highest BCUT2D eigenvalue weighted by molar-refractivity contribution is 8.02. The number of benzene rings is 2. The zero-order chi connectivity index (χ0) is 13.6. The van der Waals surface area contributed by atoms with Crippen LogP contribution >= 0.6 is 11.8 Å². The molecule has 0 N–H and O–H groups in total. The van der Waals surface area contributed by atoms with Crippen LogP contribution in [0.15, 0.2) is 41.3 Å². The summed E-state index contributed by atoms with van der Waals surface area (Å²) >= 11 is 1.15. The van der Waals surface area contributed by atoms with Crippen LogP contribution < -0.4 is 0 Å². The summed E-state index contributed by atoms with van der Waals surface area (Å²) in [6, 6.07) is 10.3. The molecule has 0 saturated carbocycles. The van der Waals surface area contributed by atoms with E-state index in [4.69, 9.17) is 15.7 Å². The first-order valence-corrected chi connectivity index (χ1v) is 6.63. The lowest BCUT2D eigenvalue weighted by atomic mass is 9.63. The molecule has 0 nitrogen and oxygen atoms in total. The Morgan fingerprint density at radius 3 is 2.53 bits per heavy atom. The van der Waals surface area contributed by atoms with E-state index < -0.39 is 16.2 Å². The topological polar surface area (TPSA) is 0 Å². The fraction of sp³-hybridized carbons (Fsp3) is 0.143. The van der Waals surface area contributed by atoms with Gasteiger partial charge in [-0.3, -0.25) is 0 Å². The van der Waals surface area contributed by atoms with Crippen LogP contribution in [0.1, 0.15) is 16.7 Å². The molecule has 2 aromatic carbocycles. The predicted molar refractivity (Wildman–Crippen MR) is 74.6 cm³/mol. The molecule has 19 heavy (non-hydrogen) atoms. The van der Waals surface area contributed by atoms with Crippen LogP contribution in [0.25, 0.3) is 0 Å². The van der Waals surface area contributed by atoms with Crippen LogP contribution in [0.3, 0.4) is 0 Å². The Kier molecular flexibility index (Phi) is 2.97. The zero-order valence-electron chi connectivity index (χ0n) is 9.99. The van der Waals surface area contributed by atoms with Crippen LogP contribution in [0.2, 0.25) is 0 Å². The largest absolute Gasteiger partial charge is 0.204 e. The van der Waals surface area contributed by atoms with Crippen molar-refractivity contribution < 1.29 is 8.78 Å². The first kappa shape index (κ1) is 12.8. The van der Waals surface area contributed by atoms with Crippen molar-refractivity contribution in [2.24, 2.45) is 0 Å². The first-order valence-electron chi connectivity index (χ1n) is 5.81. The number of halogens is 2. The molecule has 1 aliphatic rings. The second-order valence-corrected chi connectivity index (χ2v) is 5.89. The quantitative estimate of drug-likeness (QED) is 0.661. The predicted octanol–water partition coefficient (Wildman–Crippen LogP) is 3.11. The van der Waals surface area contributed by atoms with E-state index in [1.54, 1.807) is 6.07 Å². The fourth-order valence-corrected chi connectivity index (χ4v) is 3.45. The van der Waals surface area contributed by atoms with E-state index >= 15 is 0 Å². The van der Waals surface area contributed by atoms with E-state index in [0.29, 0.717) is 12.0 Å². The zero-order valence-corrected chi connectivity index (χ0v) is 10.8. The lowest BCUT2D eigenvalue weighted by molar-refractivity contribution is 0.499. The summed E-state index contributed by atoms with van der Waals surface area (Å²) in [5, 5.41) is 0. The van der Waals surface area contributed by atoms with Crippen LogP contribution in [0.5, 0.6) is 0 Å². The fourth-order valence-electron chi connectivity index (χ4n) is 2.35. The van der Waals surface area contributed by atoms with Crippen molar-refractivity contribution in [3.8, 4) is 0 Å². The van der Waals surface area contributed by atoms with Crippen molar-refractivity contribution >= 4 is 27.5 Å². The molecule has 90 valence electrons. The normalized spacial score (nSPS) is 16.3. The van der Waals surface area contributed by atoms with E-state index in [1.165, 1.54) is 0 Å². The maximum atomic E-state index is 14.0. The highest BCUT2D eigenvalue weighted by Gasteiger charge is 2.32. The van der Waals surface area contributed by atoms with Gasteiger partial charge in [-0.15, -0.1) is 11.8 Å². The molecular formula is C14H8B2F2S. The third-order valence-corrected chi connectivity index (χ3v) is 4.36. The van der Waals surface area contributed by atoms with Gasteiger partial charge in [-0.25, -0.2) is 8.78 Å². The minimum Gasteiger partial charge on any atom is -0.204 e. The van der Waals surface area contributed by atoms with E-state index in [-0.39, 0.29) is 5.56 Å². The number of fused-ring (bicyclic) bond motifs is 2. The second-order valence-electron chi connectivity index (χ2n) is 4.58. The van der Waals surface area contributed by atoms with Crippen LogP contribution in [0.4, 0.5) is 8.78 Å². The van der Waals surface area contributed by atoms with Crippen molar-refractivity contribution in [3.05, 3.63) is 64.7 Å². The smallest absolute Gasteiger partial charge is 0.162 e. The van der Waals surface area contributed by atoms with Gasteiger partial charge in [-0.2, -0.15) is 0 Å². The van der Waals surface area contributed by atoms with Gasteiger partial charge in [0.15, 0.2) is 11.6 Å². The molecule has 0 spiro atoms. The summed E-state index contributed by atoms with van der Waals surface area (Å²) in [5.74, 6) is -1.88. The molecule has 0 amide bonds.